The van der Waals surface area contributed by atoms with E-state index in [-0.39, 0.29) is 10.5 Å². The lowest BCUT2D eigenvalue weighted by molar-refractivity contribution is -0.385. The number of aliphatic hydroxyl groups excluding tert-OH is 3. The molecule has 0 aliphatic heterocycles. The summed E-state index contributed by atoms with van der Waals surface area (Å²) in [6.45, 7) is -1.08. The van der Waals surface area contributed by atoms with Crippen LogP contribution in [0.1, 0.15) is 5.56 Å². The standard InChI is InChI=1S/C11H16N2O7S/c1-8-2-3-9(13(17)18)4-10(8)21(19,20)12-11(5-14,6-15)7-16/h2-4,12,14-16H,5-7H2,1H3. The molecule has 0 amide bonds. The molecule has 0 aliphatic rings. The fourth-order valence-electron chi connectivity index (χ4n) is 1.58. The number of benzene rings is 1. The number of nitro groups is 1. The number of sulfonamides is 1. The highest BCUT2D eigenvalue weighted by Gasteiger charge is 2.35. The van der Waals surface area contributed by atoms with Crippen molar-refractivity contribution in [3.8, 4) is 0 Å². The first-order valence-corrected chi connectivity index (χ1v) is 7.31. The number of aliphatic hydroxyl groups is 3. The summed E-state index contributed by atoms with van der Waals surface area (Å²) in [4.78, 5) is 9.61. The number of non-ortho nitro benzene ring substituents is 1. The Morgan fingerprint density at radius 3 is 2.19 bits per heavy atom. The lowest BCUT2D eigenvalue weighted by Crippen LogP contribution is -2.56. The zero-order valence-electron chi connectivity index (χ0n) is 11.2. The molecule has 0 spiro atoms. The maximum absolute atomic E-state index is 12.3. The molecule has 0 saturated carbocycles. The average molecular weight is 320 g/mol. The Morgan fingerprint density at radius 2 is 1.76 bits per heavy atom. The molecular formula is C11H16N2O7S. The van der Waals surface area contributed by atoms with Gasteiger partial charge in [-0.15, -0.1) is 0 Å². The van der Waals surface area contributed by atoms with Crippen LogP contribution in [-0.4, -0.2) is 54.0 Å². The van der Waals surface area contributed by atoms with Crippen molar-refractivity contribution in [2.75, 3.05) is 19.8 Å². The first-order valence-electron chi connectivity index (χ1n) is 5.83. The monoisotopic (exact) mass is 320 g/mol. The van der Waals surface area contributed by atoms with E-state index in [1.165, 1.54) is 13.0 Å². The van der Waals surface area contributed by atoms with Gasteiger partial charge in [0.25, 0.3) is 5.69 Å². The second-order valence-electron chi connectivity index (χ2n) is 4.57. The molecule has 1 aromatic rings. The average Bonchev–Trinajstić information content (AvgIpc) is 2.45. The van der Waals surface area contributed by atoms with Gasteiger partial charge in [-0.3, -0.25) is 10.1 Å². The fraction of sp³-hybridized carbons (Fsp3) is 0.455. The molecular weight excluding hydrogens is 304 g/mol. The van der Waals surface area contributed by atoms with E-state index >= 15 is 0 Å². The van der Waals surface area contributed by atoms with Gasteiger partial charge in [0.15, 0.2) is 0 Å². The van der Waals surface area contributed by atoms with Crippen molar-refractivity contribution in [3.63, 3.8) is 0 Å². The second kappa shape index (κ2) is 6.45. The van der Waals surface area contributed by atoms with Crippen LogP contribution in [0.25, 0.3) is 0 Å². The maximum atomic E-state index is 12.3. The smallest absolute Gasteiger partial charge is 0.270 e. The van der Waals surface area contributed by atoms with Crippen LogP contribution in [0, 0.1) is 17.0 Å². The highest BCUT2D eigenvalue weighted by molar-refractivity contribution is 7.89. The normalized spacial score (nSPS) is 12.4. The number of nitrogens with zero attached hydrogens (tertiary/aromatic N) is 1. The summed E-state index contributed by atoms with van der Waals surface area (Å²) in [7, 11) is -4.28. The number of aryl methyl sites for hydroxylation is 1. The van der Waals surface area contributed by atoms with Gasteiger partial charge in [0.05, 0.1) is 29.6 Å². The highest BCUT2D eigenvalue weighted by Crippen LogP contribution is 2.22. The van der Waals surface area contributed by atoms with Crippen molar-refractivity contribution >= 4 is 15.7 Å². The largest absolute Gasteiger partial charge is 0.394 e. The first kappa shape index (κ1) is 17.5. The van der Waals surface area contributed by atoms with E-state index in [2.05, 4.69) is 0 Å². The van der Waals surface area contributed by atoms with Gasteiger partial charge in [-0.1, -0.05) is 6.07 Å². The predicted molar refractivity (Wildman–Crippen MR) is 72.1 cm³/mol. The zero-order valence-corrected chi connectivity index (χ0v) is 12.0. The molecule has 118 valence electrons. The van der Waals surface area contributed by atoms with Crippen molar-refractivity contribution in [2.24, 2.45) is 0 Å². The molecule has 21 heavy (non-hydrogen) atoms. The summed E-state index contributed by atoms with van der Waals surface area (Å²) in [5, 5.41) is 38.1. The summed E-state index contributed by atoms with van der Waals surface area (Å²) in [6.07, 6.45) is 0. The van der Waals surface area contributed by atoms with Crippen molar-refractivity contribution < 1.29 is 28.7 Å². The number of nitro benzene ring substituents is 1. The Labute approximate surface area is 121 Å². The molecule has 0 aliphatic carbocycles. The molecule has 10 heteroatoms. The van der Waals surface area contributed by atoms with Crippen molar-refractivity contribution in [1.29, 1.82) is 0 Å². The minimum Gasteiger partial charge on any atom is -0.394 e. The molecule has 0 fully saturated rings. The molecule has 1 rings (SSSR count). The van der Waals surface area contributed by atoms with Crippen LogP contribution in [0.4, 0.5) is 5.69 Å². The molecule has 0 bridgehead atoms. The highest BCUT2D eigenvalue weighted by atomic mass is 32.2. The number of nitrogens with one attached hydrogen (secondary N) is 1. The molecule has 4 N–H and O–H groups in total. The van der Waals surface area contributed by atoms with Crippen LogP contribution in [0.2, 0.25) is 0 Å². The van der Waals surface area contributed by atoms with Crippen LogP contribution in [0.5, 0.6) is 0 Å². The molecule has 0 saturated heterocycles. The van der Waals surface area contributed by atoms with Gasteiger partial charge in [-0.05, 0) is 12.5 Å². The van der Waals surface area contributed by atoms with E-state index in [4.69, 9.17) is 15.3 Å². The van der Waals surface area contributed by atoms with E-state index < -0.39 is 46.0 Å². The molecule has 0 unspecified atom stereocenters. The van der Waals surface area contributed by atoms with Crippen LogP contribution in [0.15, 0.2) is 23.1 Å². The van der Waals surface area contributed by atoms with Crippen LogP contribution < -0.4 is 4.72 Å². The van der Waals surface area contributed by atoms with Crippen molar-refractivity contribution in [2.45, 2.75) is 17.4 Å². The lowest BCUT2D eigenvalue weighted by Gasteiger charge is -2.28. The third-order valence-electron chi connectivity index (χ3n) is 2.93. The van der Waals surface area contributed by atoms with Gasteiger partial charge in [0, 0.05) is 12.1 Å². The third kappa shape index (κ3) is 3.74. The quantitative estimate of drug-likeness (QED) is 0.368. The van der Waals surface area contributed by atoms with Crippen LogP contribution >= 0.6 is 0 Å². The summed E-state index contributed by atoms with van der Waals surface area (Å²) in [5.41, 5.74) is -2.02. The van der Waals surface area contributed by atoms with Gasteiger partial charge < -0.3 is 15.3 Å². The molecule has 9 nitrogen and oxygen atoms in total. The third-order valence-corrected chi connectivity index (χ3v) is 4.65. The number of hydrogen-bond donors (Lipinski definition) is 4. The van der Waals surface area contributed by atoms with E-state index in [1.807, 2.05) is 4.72 Å². The molecule has 1 aromatic carbocycles. The maximum Gasteiger partial charge on any atom is 0.270 e. The Bertz CT molecular complexity index is 617. The Kier molecular flexibility index (Phi) is 5.36. The van der Waals surface area contributed by atoms with Gasteiger partial charge in [0.2, 0.25) is 10.0 Å². The summed E-state index contributed by atoms with van der Waals surface area (Å²) in [6, 6.07) is 3.30. The first-order chi connectivity index (χ1) is 9.71. The summed E-state index contributed by atoms with van der Waals surface area (Å²) >= 11 is 0. The molecule has 0 radical (unpaired) electrons. The number of hydrogen-bond acceptors (Lipinski definition) is 7. The zero-order chi connectivity index (χ0) is 16.3. The fourth-order valence-corrected chi connectivity index (χ4v) is 3.22. The van der Waals surface area contributed by atoms with E-state index in [1.54, 1.807) is 0 Å². The molecule has 0 aromatic heterocycles. The second-order valence-corrected chi connectivity index (χ2v) is 6.22. The Morgan fingerprint density at radius 1 is 1.24 bits per heavy atom. The van der Waals surface area contributed by atoms with E-state index in [0.717, 1.165) is 12.1 Å². The SMILES string of the molecule is Cc1ccc([N+](=O)[O-])cc1S(=O)(=O)NC(CO)(CO)CO. The van der Waals surface area contributed by atoms with Gasteiger partial charge in [0.1, 0.15) is 5.54 Å². The van der Waals surface area contributed by atoms with Gasteiger partial charge in [-0.25, -0.2) is 8.42 Å². The van der Waals surface area contributed by atoms with Crippen LogP contribution in [0.3, 0.4) is 0 Å². The number of rotatable bonds is 7. The molecule has 0 atom stereocenters. The van der Waals surface area contributed by atoms with Crippen molar-refractivity contribution in [3.05, 3.63) is 33.9 Å². The topological polar surface area (TPSA) is 150 Å². The van der Waals surface area contributed by atoms with Gasteiger partial charge >= 0.3 is 0 Å². The van der Waals surface area contributed by atoms with Crippen LogP contribution in [-0.2, 0) is 10.0 Å². The minimum atomic E-state index is -4.28. The predicted octanol–water partition coefficient (Wildman–Crippen LogP) is -1.10. The van der Waals surface area contributed by atoms with Crippen molar-refractivity contribution in [1.82, 2.24) is 4.72 Å². The van der Waals surface area contributed by atoms with Gasteiger partial charge in [-0.2, -0.15) is 4.72 Å². The Hall–Kier alpha value is -1.59. The Balaban J connectivity index is 3.31. The summed E-state index contributed by atoms with van der Waals surface area (Å²) in [5.74, 6) is 0. The van der Waals surface area contributed by atoms with E-state index in [0.29, 0.717) is 0 Å². The molecule has 0 heterocycles. The minimum absolute atomic E-state index is 0.246. The lowest BCUT2D eigenvalue weighted by atomic mass is 10.1. The summed E-state index contributed by atoms with van der Waals surface area (Å²) < 4.78 is 26.5. The van der Waals surface area contributed by atoms with E-state index in [9.17, 15) is 18.5 Å².